The van der Waals surface area contributed by atoms with Crippen molar-refractivity contribution in [3.63, 3.8) is 0 Å². The zero-order valence-electron chi connectivity index (χ0n) is 12.9. The van der Waals surface area contributed by atoms with E-state index in [1.165, 1.54) is 31.4 Å². The van der Waals surface area contributed by atoms with Crippen LogP contribution in [0.1, 0.15) is 24.8 Å². The molecule has 0 N–H and O–H groups in total. The van der Waals surface area contributed by atoms with Gasteiger partial charge in [-0.25, -0.2) is 0 Å². The summed E-state index contributed by atoms with van der Waals surface area (Å²) in [6.07, 6.45) is 5.31. The number of morpholine rings is 1. The third kappa shape index (κ3) is 4.53. The van der Waals surface area contributed by atoms with Crippen LogP contribution in [0.3, 0.4) is 0 Å². The van der Waals surface area contributed by atoms with E-state index in [1.807, 2.05) is 0 Å². The van der Waals surface area contributed by atoms with Crippen molar-refractivity contribution in [3.8, 4) is 0 Å². The molecule has 0 spiro atoms. The molecule has 3 heteroatoms. The van der Waals surface area contributed by atoms with Gasteiger partial charge in [-0.1, -0.05) is 30.3 Å². The van der Waals surface area contributed by atoms with Crippen molar-refractivity contribution in [3.05, 3.63) is 35.9 Å². The number of nitrogens with zero attached hydrogens (tertiary/aromatic N) is 1. The maximum Gasteiger partial charge on any atom is 0.0607 e. The van der Waals surface area contributed by atoms with Gasteiger partial charge in [-0.2, -0.15) is 0 Å². The molecule has 0 amide bonds. The van der Waals surface area contributed by atoms with Gasteiger partial charge in [-0.15, -0.1) is 0 Å². The molecule has 21 heavy (non-hydrogen) atoms. The molecule has 2 saturated heterocycles. The minimum atomic E-state index is 0.464. The van der Waals surface area contributed by atoms with E-state index in [0.717, 1.165) is 39.3 Å². The van der Waals surface area contributed by atoms with Crippen LogP contribution in [0.2, 0.25) is 0 Å². The summed E-state index contributed by atoms with van der Waals surface area (Å²) in [4.78, 5) is 2.54. The van der Waals surface area contributed by atoms with E-state index in [2.05, 4.69) is 35.2 Å². The van der Waals surface area contributed by atoms with Crippen molar-refractivity contribution in [1.82, 2.24) is 4.90 Å². The molecule has 2 aliphatic rings. The summed E-state index contributed by atoms with van der Waals surface area (Å²) < 4.78 is 11.4. The van der Waals surface area contributed by atoms with Gasteiger partial charge in [-0.3, -0.25) is 4.90 Å². The van der Waals surface area contributed by atoms with Crippen molar-refractivity contribution in [2.75, 3.05) is 39.5 Å². The van der Waals surface area contributed by atoms with E-state index in [9.17, 15) is 0 Å². The number of hydrogen-bond acceptors (Lipinski definition) is 3. The van der Waals surface area contributed by atoms with E-state index in [-0.39, 0.29) is 0 Å². The molecule has 3 rings (SSSR count). The molecular formula is C18H27NO2. The molecule has 1 aromatic carbocycles. The summed E-state index contributed by atoms with van der Waals surface area (Å²) in [6, 6.07) is 10.9. The van der Waals surface area contributed by atoms with Crippen LogP contribution in [-0.4, -0.2) is 50.5 Å². The lowest BCUT2D eigenvalue weighted by molar-refractivity contribution is 0.0235. The summed E-state index contributed by atoms with van der Waals surface area (Å²) in [7, 11) is 0. The van der Waals surface area contributed by atoms with E-state index < -0.39 is 0 Å². The zero-order valence-corrected chi connectivity index (χ0v) is 12.9. The molecule has 0 aliphatic carbocycles. The Morgan fingerprint density at radius 3 is 2.62 bits per heavy atom. The average Bonchev–Trinajstić information content (AvgIpc) is 3.08. The molecular weight excluding hydrogens is 262 g/mol. The van der Waals surface area contributed by atoms with Crippen LogP contribution in [0.25, 0.3) is 0 Å². The molecule has 1 aromatic rings. The molecule has 2 aliphatic heterocycles. The number of rotatable bonds is 6. The van der Waals surface area contributed by atoms with E-state index in [1.54, 1.807) is 0 Å². The standard InChI is InChI=1S/C18H27NO2/c1-2-5-16(6-3-1)15-17(18-7-4-12-21-18)8-9-19-10-13-20-14-11-19/h1-3,5-6,17-18H,4,7-15H2/t17-,18+/m1/s1. The average molecular weight is 289 g/mol. The Morgan fingerprint density at radius 2 is 1.90 bits per heavy atom. The lowest BCUT2D eigenvalue weighted by Gasteiger charge is -2.30. The van der Waals surface area contributed by atoms with Crippen LogP contribution in [0.15, 0.2) is 30.3 Å². The number of hydrogen-bond donors (Lipinski definition) is 0. The van der Waals surface area contributed by atoms with Gasteiger partial charge >= 0.3 is 0 Å². The monoisotopic (exact) mass is 289 g/mol. The highest BCUT2D eigenvalue weighted by Crippen LogP contribution is 2.26. The van der Waals surface area contributed by atoms with Crippen LogP contribution < -0.4 is 0 Å². The highest BCUT2D eigenvalue weighted by Gasteiger charge is 2.26. The van der Waals surface area contributed by atoms with Gasteiger partial charge in [0.15, 0.2) is 0 Å². The van der Waals surface area contributed by atoms with Crippen molar-refractivity contribution in [2.24, 2.45) is 5.92 Å². The van der Waals surface area contributed by atoms with Crippen LogP contribution in [0.4, 0.5) is 0 Å². The molecule has 2 atom stereocenters. The van der Waals surface area contributed by atoms with Crippen LogP contribution in [-0.2, 0) is 15.9 Å². The summed E-state index contributed by atoms with van der Waals surface area (Å²) in [5, 5.41) is 0. The smallest absolute Gasteiger partial charge is 0.0607 e. The lowest BCUT2D eigenvalue weighted by atomic mass is 9.89. The second kappa shape index (κ2) is 7.92. The molecule has 0 unspecified atom stereocenters. The van der Waals surface area contributed by atoms with E-state index >= 15 is 0 Å². The second-order valence-corrected chi connectivity index (χ2v) is 6.24. The minimum Gasteiger partial charge on any atom is -0.379 e. The molecule has 3 nitrogen and oxygen atoms in total. The third-order valence-corrected chi connectivity index (χ3v) is 4.75. The molecule has 0 radical (unpaired) electrons. The first-order valence-corrected chi connectivity index (χ1v) is 8.37. The lowest BCUT2D eigenvalue weighted by Crippen LogP contribution is -2.38. The molecule has 116 valence electrons. The summed E-state index contributed by atoms with van der Waals surface area (Å²) in [5.74, 6) is 0.651. The SMILES string of the molecule is c1ccc(C[C@@H](CCN2CCOCC2)[C@@H]2CCCO2)cc1. The molecule has 0 aromatic heterocycles. The first-order valence-electron chi connectivity index (χ1n) is 8.37. The van der Waals surface area contributed by atoms with E-state index in [4.69, 9.17) is 9.47 Å². The highest BCUT2D eigenvalue weighted by molar-refractivity contribution is 5.15. The Kier molecular flexibility index (Phi) is 5.67. The van der Waals surface area contributed by atoms with Crippen molar-refractivity contribution in [1.29, 1.82) is 0 Å². The Labute approximate surface area is 128 Å². The van der Waals surface area contributed by atoms with Gasteiger partial charge in [0.05, 0.1) is 19.3 Å². The minimum absolute atomic E-state index is 0.464. The van der Waals surface area contributed by atoms with Crippen molar-refractivity contribution in [2.45, 2.75) is 31.8 Å². The molecule has 0 bridgehead atoms. The number of ether oxygens (including phenoxy) is 2. The van der Waals surface area contributed by atoms with Crippen LogP contribution >= 0.6 is 0 Å². The number of benzene rings is 1. The Bertz CT molecular complexity index is 397. The Morgan fingerprint density at radius 1 is 1.10 bits per heavy atom. The van der Waals surface area contributed by atoms with Crippen LogP contribution in [0, 0.1) is 5.92 Å². The Balaban J connectivity index is 1.56. The highest BCUT2D eigenvalue weighted by atomic mass is 16.5. The normalized spacial score (nSPS) is 25.0. The van der Waals surface area contributed by atoms with Gasteiger partial charge < -0.3 is 9.47 Å². The quantitative estimate of drug-likeness (QED) is 0.804. The van der Waals surface area contributed by atoms with Gasteiger partial charge in [-0.05, 0) is 43.7 Å². The molecule has 0 saturated carbocycles. The van der Waals surface area contributed by atoms with Gasteiger partial charge in [0.2, 0.25) is 0 Å². The third-order valence-electron chi connectivity index (χ3n) is 4.75. The van der Waals surface area contributed by atoms with Crippen molar-refractivity contribution < 1.29 is 9.47 Å². The molecule has 2 heterocycles. The molecule has 2 fully saturated rings. The fourth-order valence-corrected chi connectivity index (χ4v) is 3.48. The van der Waals surface area contributed by atoms with E-state index in [0.29, 0.717) is 12.0 Å². The predicted molar refractivity (Wildman–Crippen MR) is 84.5 cm³/mol. The zero-order chi connectivity index (χ0) is 14.3. The summed E-state index contributed by atoms with van der Waals surface area (Å²) in [6.45, 7) is 6.09. The maximum absolute atomic E-state index is 5.98. The first-order chi connectivity index (χ1) is 10.4. The van der Waals surface area contributed by atoms with Gasteiger partial charge in [0.1, 0.15) is 0 Å². The fourth-order valence-electron chi connectivity index (χ4n) is 3.48. The summed E-state index contributed by atoms with van der Waals surface area (Å²) in [5.41, 5.74) is 1.44. The largest absolute Gasteiger partial charge is 0.379 e. The maximum atomic E-state index is 5.98. The fraction of sp³-hybridized carbons (Fsp3) is 0.667. The van der Waals surface area contributed by atoms with Gasteiger partial charge in [0, 0.05) is 19.7 Å². The van der Waals surface area contributed by atoms with Gasteiger partial charge in [0.25, 0.3) is 0 Å². The summed E-state index contributed by atoms with van der Waals surface area (Å²) >= 11 is 0. The first kappa shape index (κ1) is 15.0. The topological polar surface area (TPSA) is 21.7 Å². The van der Waals surface area contributed by atoms with Crippen molar-refractivity contribution >= 4 is 0 Å². The second-order valence-electron chi connectivity index (χ2n) is 6.24. The Hall–Kier alpha value is -0.900. The van der Waals surface area contributed by atoms with Crippen LogP contribution in [0.5, 0.6) is 0 Å². The predicted octanol–water partition coefficient (Wildman–Crippen LogP) is 2.75.